The third kappa shape index (κ3) is 4.35. The van der Waals surface area contributed by atoms with Crippen LogP contribution in [0.4, 0.5) is 5.69 Å². The largest absolute Gasteiger partial charge is 0.497 e. The molecule has 1 amide bonds. The van der Waals surface area contributed by atoms with Crippen LogP contribution < -0.4 is 14.8 Å². The molecule has 0 spiro atoms. The number of nitrogens with one attached hydrogen (secondary N) is 1. The highest BCUT2D eigenvalue weighted by Crippen LogP contribution is 2.30. The fourth-order valence-electron chi connectivity index (χ4n) is 3.03. The summed E-state index contributed by atoms with van der Waals surface area (Å²) in [5.74, 6) is 1.18. The van der Waals surface area contributed by atoms with Gasteiger partial charge in [-0.2, -0.15) is 0 Å². The van der Waals surface area contributed by atoms with Crippen molar-refractivity contribution in [3.8, 4) is 22.8 Å². The molecule has 1 heterocycles. The summed E-state index contributed by atoms with van der Waals surface area (Å²) in [7, 11) is 1.63. The summed E-state index contributed by atoms with van der Waals surface area (Å²) in [6, 6.07) is 26.6. The molecule has 0 saturated heterocycles. The number of anilines is 1. The van der Waals surface area contributed by atoms with Crippen LogP contribution in [0.25, 0.3) is 22.2 Å². The first-order valence-electron chi connectivity index (χ1n) is 9.25. The minimum atomic E-state index is -0.219. The minimum absolute atomic E-state index is 0.0923. The van der Waals surface area contributed by atoms with Gasteiger partial charge in [-0.25, -0.2) is 4.98 Å². The second kappa shape index (κ2) is 8.44. The highest BCUT2D eigenvalue weighted by atomic mass is 16.5. The molecule has 0 radical (unpaired) electrons. The Hall–Kier alpha value is -3.86. The van der Waals surface area contributed by atoms with Crippen LogP contribution in [-0.4, -0.2) is 24.6 Å². The molecular formula is C24H20N2O3. The number of benzene rings is 3. The van der Waals surface area contributed by atoms with Crippen molar-refractivity contribution < 1.29 is 14.3 Å². The lowest BCUT2D eigenvalue weighted by Crippen LogP contribution is -2.20. The minimum Gasteiger partial charge on any atom is -0.497 e. The summed E-state index contributed by atoms with van der Waals surface area (Å²) in [6.45, 7) is -0.0923. The molecule has 0 aliphatic heterocycles. The Balaban J connectivity index is 1.59. The fraction of sp³-hybridized carbons (Fsp3) is 0.0833. The van der Waals surface area contributed by atoms with Gasteiger partial charge in [0.05, 0.1) is 18.3 Å². The van der Waals surface area contributed by atoms with Crippen molar-refractivity contribution in [2.24, 2.45) is 0 Å². The molecule has 4 rings (SSSR count). The Labute approximate surface area is 168 Å². The Morgan fingerprint density at radius 1 is 0.931 bits per heavy atom. The van der Waals surface area contributed by atoms with Crippen LogP contribution in [0.15, 0.2) is 84.9 Å². The number of amides is 1. The maximum Gasteiger partial charge on any atom is 0.262 e. The molecule has 1 N–H and O–H groups in total. The number of nitrogens with zero attached hydrogens (tertiary/aromatic N) is 1. The van der Waals surface area contributed by atoms with E-state index in [2.05, 4.69) is 5.32 Å². The van der Waals surface area contributed by atoms with Crippen molar-refractivity contribution in [3.05, 3.63) is 84.9 Å². The van der Waals surface area contributed by atoms with Gasteiger partial charge in [0, 0.05) is 22.7 Å². The number of para-hydroxylation sites is 2. The topological polar surface area (TPSA) is 60.5 Å². The number of carbonyl (C=O) groups is 1. The number of hydrogen-bond acceptors (Lipinski definition) is 4. The molecule has 1 aromatic heterocycles. The van der Waals surface area contributed by atoms with Gasteiger partial charge in [0.2, 0.25) is 0 Å². The second-order valence-corrected chi connectivity index (χ2v) is 6.45. The fourth-order valence-corrected chi connectivity index (χ4v) is 3.03. The van der Waals surface area contributed by atoms with Crippen LogP contribution in [0, 0.1) is 0 Å². The lowest BCUT2D eigenvalue weighted by molar-refractivity contribution is -0.118. The second-order valence-electron chi connectivity index (χ2n) is 6.45. The van der Waals surface area contributed by atoms with E-state index in [0.717, 1.165) is 33.6 Å². The molecule has 5 nitrogen and oxygen atoms in total. The molecule has 5 heteroatoms. The van der Waals surface area contributed by atoms with Crippen LogP contribution in [0.2, 0.25) is 0 Å². The van der Waals surface area contributed by atoms with Crippen molar-refractivity contribution in [2.45, 2.75) is 0 Å². The Morgan fingerprint density at radius 2 is 1.66 bits per heavy atom. The number of hydrogen-bond donors (Lipinski definition) is 1. The Kier molecular flexibility index (Phi) is 5.38. The van der Waals surface area contributed by atoms with Gasteiger partial charge in [-0.1, -0.05) is 30.3 Å². The summed E-state index contributed by atoms with van der Waals surface area (Å²) in [6.07, 6.45) is 0. The average molecular weight is 384 g/mol. The number of ether oxygens (including phenoxy) is 2. The van der Waals surface area contributed by atoms with E-state index in [1.807, 2.05) is 84.9 Å². The Morgan fingerprint density at radius 3 is 2.41 bits per heavy atom. The standard InChI is InChI=1S/C24H20N2O3/c1-28-19-13-11-17(12-14-19)22-15-23(20-9-5-6-10-21(20)26-22)29-16-24(27)25-18-7-3-2-4-8-18/h2-15H,16H2,1H3,(H,25,27). The zero-order chi connectivity index (χ0) is 20.1. The number of methoxy groups -OCH3 is 1. The molecule has 0 bridgehead atoms. The highest BCUT2D eigenvalue weighted by molar-refractivity contribution is 5.93. The first-order chi connectivity index (χ1) is 14.2. The molecule has 0 fully saturated rings. The van der Waals surface area contributed by atoms with Gasteiger partial charge in [0.15, 0.2) is 6.61 Å². The first-order valence-corrected chi connectivity index (χ1v) is 9.25. The van der Waals surface area contributed by atoms with Crippen molar-refractivity contribution in [2.75, 3.05) is 19.0 Å². The molecular weight excluding hydrogens is 364 g/mol. The molecule has 144 valence electrons. The first kappa shape index (κ1) is 18.5. The van der Waals surface area contributed by atoms with E-state index in [9.17, 15) is 4.79 Å². The van der Waals surface area contributed by atoms with Gasteiger partial charge in [-0.05, 0) is 48.5 Å². The quantitative estimate of drug-likeness (QED) is 0.512. The smallest absolute Gasteiger partial charge is 0.262 e. The van der Waals surface area contributed by atoms with Gasteiger partial charge in [-0.3, -0.25) is 4.79 Å². The molecule has 0 saturated carbocycles. The van der Waals surface area contributed by atoms with E-state index >= 15 is 0 Å². The third-order valence-electron chi connectivity index (χ3n) is 4.48. The van der Waals surface area contributed by atoms with Gasteiger partial charge in [0.25, 0.3) is 5.91 Å². The summed E-state index contributed by atoms with van der Waals surface area (Å²) in [5.41, 5.74) is 3.25. The summed E-state index contributed by atoms with van der Waals surface area (Å²) in [4.78, 5) is 17.0. The highest BCUT2D eigenvalue weighted by Gasteiger charge is 2.11. The van der Waals surface area contributed by atoms with Crippen LogP contribution in [-0.2, 0) is 4.79 Å². The van der Waals surface area contributed by atoms with Crippen molar-refractivity contribution in [1.29, 1.82) is 0 Å². The molecule has 4 aromatic rings. The van der Waals surface area contributed by atoms with Gasteiger partial charge in [-0.15, -0.1) is 0 Å². The van der Waals surface area contributed by atoms with E-state index in [1.54, 1.807) is 7.11 Å². The van der Waals surface area contributed by atoms with Crippen molar-refractivity contribution >= 4 is 22.5 Å². The predicted octanol–water partition coefficient (Wildman–Crippen LogP) is 4.93. The number of carbonyl (C=O) groups excluding carboxylic acids is 1. The zero-order valence-corrected chi connectivity index (χ0v) is 16.0. The predicted molar refractivity (Wildman–Crippen MR) is 114 cm³/mol. The van der Waals surface area contributed by atoms with Crippen LogP contribution >= 0.6 is 0 Å². The van der Waals surface area contributed by atoms with Crippen LogP contribution in [0.5, 0.6) is 11.5 Å². The lowest BCUT2D eigenvalue weighted by Gasteiger charge is -2.12. The number of aromatic nitrogens is 1. The normalized spacial score (nSPS) is 10.5. The summed E-state index contributed by atoms with van der Waals surface area (Å²) < 4.78 is 11.1. The van der Waals surface area contributed by atoms with Crippen molar-refractivity contribution in [3.63, 3.8) is 0 Å². The maximum absolute atomic E-state index is 12.3. The van der Waals surface area contributed by atoms with Crippen molar-refractivity contribution in [1.82, 2.24) is 4.98 Å². The molecule has 0 atom stereocenters. The monoisotopic (exact) mass is 384 g/mol. The van der Waals surface area contributed by atoms with Gasteiger partial charge >= 0.3 is 0 Å². The van der Waals surface area contributed by atoms with E-state index in [4.69, 9.17) is 14.5 Å². The summed E-state index contributed by atoms with van der Waals surface area (Å²) >= 11 is 0. The number of pyridine rings is 1. The Bertz CT molecular complexity index is 1130. The number of rotatable bonds is 6. The van der Waals surface area contributed by atoms with Crippen LogP contribution in [0.3, 0.4) is 0 Å². The van der Waals surface area contributed by atoms with E-state index < -0.39 is 0 Å². The molecule has 0 aliphatic carbocycles. The third-order valence-corrected chi connectivity index (χ3v) is 4.48. The van der Waals surface area contributed by atoms with E-state index in [1.165, 1.54) is 0 Å². The van der Waals surface area contributed by atoms with E-state index in [-0.39, 0.29) is 12.5 Å². The maximum atomic E-state index is 12.3. The van der Waals surface area contributed by atoms with Gasteiger partial charge in [0.1, 0.15) is 11.5 Å². The molecule has 0 aliphatic rings. The van der Waals surface area contributed by atoms with E-state index in [0.29, 0.717) is 5.75 Å². The zero-order valence-electron chi connectivity index (χ0n) is 16.0. The molecule has 0 unspecified atom stereocenters. The summed E-state index contributed by atoms with van der Waals surface area (Å²) in [5, 5.41) is 3.68. The van der Waals surface area contributed by atoms with Gasteiger partial charge < -0.3 is 14.8 Å². The lowest BCUT2D eigenvalue weighted by atomic mass is 10.1. The average Bonchev–Trinajstić information content (AvgIpc) is 2.78. The van der Waals surface area contributed by atoms with Crippen LogP contribution in [0.1, 0.15) is 0 Å². The number of fused-ring (bicyclic) bond motifs is 1. The SMILES string of the molecule is COc1ccc(-c2cc(OCC(=O)Nc3ccccc3)c3ccccc3n2)cc1. The molecule has 3 aromatic carbocycles. The molecule has 29 heavy (non-hydrogen) atoms.